The Labute approximate surface area is 79.4 Å². The quantitative estimate of drug-likeness (QED) is 0.403. The average molecular weight is 186 g/mol. The first kappa shape index (κ1) is 12.2. The molecule has 13 heavy (non-hydrogen) atoms. The van der Waals surface area contributed by atoms with Gasteiger partial charge in [0.1, 0.15) is 0 Å². The predicted octanol–water partition coefficient (Wildman–Crippen LogP) is 1.66. The maximum atomic E-state index is 10.9. The highest BCUT2D eigenvalue weighted by Crippen LogP contribution is 2.02. The van der Waals surface area contributed by atoms with E-state index in [4.69, 9.17) is 4.74 Å². The summed E-state index contributed by atoms with van der Waals surface area (Å²) in [7, 11) is 0. The minimum absolute atomic E-state index is 0.393. The van der Waals surface area contributed by atoms with Gasteiger partial charge in [-0.1, -0.05) is 13.3 Å². The van der Waals surface area contributed by atoms with Crippen molar-refractivity contribution >= 4 is 5.97 Å². The van der Waals surface area contributed by atoms with Gasteiger partial charge < -0.3 is 9.84 Å². The van der Waals surface area contributed by atoms with E-state index in [9.17, 15) is 9.90 Å². The van der Waals surface area contributed by atoms with Gasteiger partial charge in [0.05, 0.1) is 12.2 Å². The van der Waals surface area contributed by atoms with Gasteiger partial charge in [0.15, 0.2) is 0 Å². The third kappa shape index (κ3) is 9.08. The van der Waals surface area contributed by atoms with Crippen LogP contribution in [0.1, 0.15) is 33.6 Å². The number of carbonyl (C=O) groups excluding carboxylic acids is 1. The highest BCUT2D eigenvalue weighted by Gasteiger charge is 2.07. The van der Waals surface area contributed by atoms with Crippen LogP contribution in [0.3, 0.4) is 0 Å². The minimum atomic E-state index is -0.955. The molecule has 1 N–H and O–H groups in total. The van der Waals surface area contributed by atoms with E-state index in [0.29, 0.717) is 6.61 Å². The third-order valence-electron chi connectivity index (χ3n) is 1.37. The molecule has 0 bridgehead atoms. The molecule has 0 fully saturated rings. The van der Waals surface area contributed by atoms with Gasteiger partial charge in [-0.15, -0.1) is 0 Å². The van der Waals surface area contributed by atoms with Crippen LogP contribution in [0.4, 0.5) is 0 Å². The van der Waals surface area contributed by atoms with Crippen LogP contribution in [0.2, 0.25) is 0 Å². The van der Waals surface area contributed by atoms with Crippen LogP contribution in [-0.2, 0) is 9.53 Å². The lowest BCUT2D eigenvalue weighted by molar-refractivity contribution is -0.137. The fraction of sp³-hybridized carbons (Fsp3) is 0.700. The van der Waals surface area contributed by atoms with Crippen molar-refractivity contribution in [1.29, 1.82) is 0 Å². The lowest BCUT2D eigenvalue weighted by atomic mass is 10.1. The summed E-state index contributed by atoms with van der Waals surface area (Å²) in [5, 5.41) is 9.24. The van der Waals surface area contributed by atoms with Gasteiger partial charge >= 0.3 is 5.97 Å². The molecule has 0 aliphatic heterocycles. The molecular formula is C10H18O3. The SMILES string of the molecule is CCCCOC(=O)/C=C/C(C)(C)O. The van der Waals surface area contributed by atoms with E-state index in [2.05, 4.69) is 0 Å². The molecular weight excluding hydrogens is 168 g/mol. The largest absolute Gasteiger partial charge is 0.463 e. The highest BCUT2D eigenvalue weighted by molar-refractivity contribution is 5.82. The van der Waals surface area contributed by atoms with Crippen LogP contribution in [0.15, 0.2) is 12.2 Å². The van der Waals surface area contributed by atoms with E-state index in [0.717, 1.165) is 12.8 Å². The molecule has 0 aliphatic carbocycles. The maximum Gasteiger partial charge on any atom is 0.330 e. The van der Waals surface area contributed by atoms with E-state index < -0.39 is 11.6 Å². The molecule has 0 aliphatic rings. The molecule has 0 aromatic carbocycles. The minimum Gasteiger partial charge on any atom is -0.463 e. The summed E-state index contributed by atoms with van der Waals surface area (Å²) < 4.78 is 4.84. The van der Waals surface area contributed by atoms with Crippen LogP contribution in [0, 0.1) is 0 Å². The lowest BCUT2D eigenvalue weighted by Crippen LogP contribution is -2.15. The Hall–Kier alpha value is -0.830. The van der Waals surface area contributed by atoms with Gasteiger partial charge in [0.2, 0.25) is 0 Å². The number of rotatable bonds is 5. The Bertz CT molecular complexity index is 177. The first-order valence-corrected chi connectivity index (χ1v) is 4.54. The number of carbonyl (C=O) groups is 1. The summed E-state index contributed by atoms with van der Waals surface area (Å²) in [6.45, 7) is 5.68. The van der Waals surface area contributed by atoms with Crippen LogP contribution < -0.4 is 0 Å². The van der Waals surface area contributed by atoms with E-state index in [1.54, 1.807) is 13.8 Å². The van der Waals surface area contributed by atoms with Gasteiger partial charge in [-0.05, 0) is 26.3 Å². The van der Waals surface area contributed by atoms with Crippen molar-refractivity contribution in [1.82, 2.24) is 0 Å². The zero-order valence-corrected chi connectivity index (χ0v) is 8.54. The second-order valence-corrected chi connectivity index (χ2v) is 3.51. The summed E-state index contributed by atoms with van der Waals surface area (Å²) in [4.78, 5) is 10.9. The highest BCUT2D eigenvalue weighted by atomic mass is 16.5. The smallest absolute Gasteiger partial charge is 0.330 e. The molecule has 3 heteroatoms. The first-order valence-electron chi connectivity index (χ1n) is 4.54. The first-order chi connectivity index (χ1) is 5.95. The normalized spacial score (nSPS) is 12.0. The average Bonchev–Trinajstić information content (AvgIpc) is 2.00. The third-order valence-corrected chi connectivity index (χ3v) is 1.37. The number of hydrogen-bond acceptors (Lipinski definition) is 3. The number of esters is 1. The molecule has 0 saturated heterocycles. The number of aliphatic hydroxyl groups is 1. The van der Waals surface area contributed by atoms with Crippen molar-refractivity contribution in [2.24, 2.45) is 0 Å². The second-order valence-electron chi connectivity index (χ2n) is 3.51. The molecule has 0 aromatic heterocycles. The molecule has 0 heterocycles. The zero-order valence-electron chi connectivity index (χ0n) is 8.54. The molecule has 0 atom stereocenters. The standard InChI is InChI=1S/C10H18O3/c1-4-5-8-13-9(11)6-7-10(2,3)12/h6-7,12H,4-5,8H2,1-3H3/b7-6+. The Balaban J connectivity index is 3.68. The Morgan fingerprint density at radius 3 is 2.62 bits per heavy atom. The topological polar surface area (TPSA) is 46.5 Å². The van der Waals surface area contributed by atoms with Crippen LogP contribution >= 0.6 is 0 Å². The molecule has 0 aromatic rings. The van der Waals surface area contributed by atoms with E-state index in [1.807, 2.05) is 6.92 Å². The fourth-order valence-corrected chi connectivity index (χ4v) is 0.637. The van der Waals surface area contributed by atoms with Crippen molar-refractivity contribution in [2.45, 2.75) is 39.2 Å². The van der Waals surface area contributed by atoms with Crippen LogP contribution in [0.25, 0.3) is 0 Å². The Morgan fingerprint density at radius 1 is 1.54 bits per heavy atom. The van der Waals surface area contributed by atoms with Gasteiger partial charge in [0, 0.05) is 6.08 Å². The van der Waals surface area contributed by atoms with Crippen molar-refractivity contribution in [3.63, 3.8) is 0 Å². The fourth-order valence-electron chi connectivity index (χ4n) is 0.637. The maximum absolute atomic E-state index is 10.9. The molecule has 0 unspecified atom stereocenters. The van der Waals surface area contributed by atoms with Crippen molar-refractivity contribution < 1.29 is 14.6 Å². The van der Waals surface area contributed by atoms with Gasteiger partial charge in [-0.2, -0.15) is 0 Å². The van der Waals surface area contributed by atoms with Crippen molar-refractivity contribution in [2.75, 3.05) is 6.61 Å². The molecule has 0 amide bonds. The van der Waals surface area contributed by atoms with Gasteiger partial charge in [-0.3, -0.25) is 0 Å². The Kier molecular flexibility index (Phi) is 5.39. The number of unbranched alkanes of at least 4 members (excludes halogenated alkanes) is 1. The monoisotopic (exact) mass is 186 g/mol. The summed E-state index contributed by atoms with van der Waals surface area (Å²) in [5.74, 6) is -0.393. The van der Waals surface area contributed by atoms with Crippen molar-refractivity contribution in [3.05, 3.63) is 12.2 Å². The molecule has 0 saturated carbocycles. The van der Waals surface area contributed by atoms with E-state index in [-0.39, 0.29) is 0 Å². The lowest BCUT2D eigenvalue weighted by Gasteiger charge is -2.09. The van der Waals surface area contributed by atoms with Crippen LogP contribution in [0.5, 0.6) is 0 Å². The summed E-state index contributed by atoms with van der Waals surface area (Å²) in [6.07, 6.45) is 4.56. The Morgan fingerprint density at radius 2 is 2.15 bits per heavy atom. The van der Waals surface area contributed by atoms with E-state index >= 15 is 0 Å². The number of hydrogen-bond donors (Lipinski definition) is 1. The van der Waals surface area contributed by atoms with Crippen molar-refractivity contribution in [3.8, 4) is 0 Å². The molecule has 0 rings (SSSR count). The summed E-state index contributed by atoms with van der Waals surface area (Å²) in [6, 6.07) is 0. The van der Waals surface area contributed by atoms with Gasteiger partial charge in [-0.25, -0.2) is 4.79 Å². The van der Waals surface area contributed by atoms with E-state index in [1.165, 1.54) is 12.2 Å². The second kappa shape index (κ2) is 5.75. The molecule has 0 spiro atoms. The summed E-state index contributed by atoms with van der Waals surface area (Å²) in [5.41, 5.74) is -0.955. The van der Waals surface area contributed by atoms with Gasteiger partial charge in [0.25, 0.3) is 0 Å². The zero-order chi connectivity index (χ0) is 10.3. The molecule has 76 valence electrons. The molecule has 0 radical (unpaired) electrons. The number of ether oxygens (including phenoxy) is 1. The summed E-state index contributed by atoms with van der Waals surface area (Å²) >= 11 is 0. The predicted molar refractivity (Wildman–Crippen MR) is 51.3 cm³/mol. The van der Waals surface area contributed by atoms with Crippen LogP contribution in [-0.4, -0.2) is 23.3 Å². The molecule has 3 nitrogen and oxygen atoms in total.